The van der Waals surface area contributed by atoms with Gasteiger partial charge in [0.25, 0.3) is 5.69 Å². The van der Waals surface area contributed by atoms with Gasteiger partial charge < -0.3 is 5.32 Å². The van der Waals surface area contributed by atoms with Gasteiger partial charge in [-0.05, 0) is 38.4 Å². The Morgan fingerprint density at radius 2 is 2.42 bits per heavy atom. The number of likely N-dealkylation sites (tertiary alicyclic amines) is 1. The molecule has 6 heteroatoms. The minimum absolute atomic E-state index is 0.0408. The summed E-state index contributed by atoms with van der Waals surface area (Å²) in [7, 11) is 0. The molecule has 1 N–H and O–H groups in total. The number of aryl methyl sites for hydroxylation is 1. The van der Waals surface area contributed by atoms with Crippen LogP contribution in [0.15, 0.2) is 12.3 Å². The maximum absolute atomic E-state index is 10.7. The third kappa shape index (κ3) is 3.20. The van der Waals surface area contributed by atoms with E-state index in [4.69, 9.17) is 0 Å². The van der Waals surface area contributed by atoms with Crippen LogP contribution in [-0.2, 0) is 0 Å². The molecular weight excluding hydrogens is 244 g/mol. The van der Waals surface area contributed by atoms with Crippen LogP contribution in [0.25, 0.3) is 0 Å². The number of likely N-dealkylation sites (N-methyl/N-ethyl adjacent to an activating group) is 1. The van der Waals surface area contributed by atoms with E-state index in [1.165, 1.54) is 19.0 Å². The molecule has 1 aromatic heterocycles. The lowest BCUT2D eigenvalue weighted by Gasteiger charge is -2.23. The van der Waals surface area contributed by atoms with Gasteiger partial charge in [-0.2, -0.15) is 0 Å². The highest BCUT2D eigenvalue weighted by Gasteiger charge is 2.22. The molecule has 1 saturated heterocycles. The molecular formula is C13H20N4O2. The Labute approximate surface area is 113 Å². The van der Waals surface area contributed by atoms with Crippen LogP contribution in [-0.4, -0.2) is 40.5 Å². The highest BCUT2D eigenvalue weighted by atomic mass is 16.6. The fourth-order valence-electron chi connectivity index (χ4n) is 2.60. The molecule has 19 heavy (non-hydrogen) atoms. The summed E-state index contributed by atoms with van der Waals surface area (Å²) in [5.74, 6) is 0.744. The first-order chi connectivity index (χ1) is 9.11. The molecule has 0 bridgehead atoms. The number of nitrogens with one attached hydrogen (secondary N) is 1. The van der Waals surface area contributed by atoms with Crippen LogP contribution in [0.5, 0.6) is 0 Å². The minimum Gasteiger partial charge on any atom is -0.368 e. The Morgan fingerprint density at radius 1 is 1.63 bits per heavy atom. The van der Waals surface area contributed by atoms with Crippen LogP contribution in [0, 0.1) is 17.0 Å². The van der Waals surface area contributed by atoms with Gasteiger partial charge in [-0.25, -0.2) is 4.98 Å². The molecule has 1 aromatic rings. The maximum atomic E-state index is 10.7. The zero-order valence-electron chi connectivity index (χ0n) is 11.4. The molecule has 6 nitrogen and oxygen atoms in total. The number of anilines is 1. The number of rotatable bonds is 5. The van der Waals surface area contributed by atoms with Crippen molar-refractivity contribution in [1.82, 2.24) is 9.88 Å². The van der Waals surface area contributed by atoms with Crippen molar-refractivity contribution in [1.29, 1.82) is 0 Å². The molecule has 0 radical (unpaired) electrons. The Balaban J connectivity index is 1.98. The van der Waals surface area contributed by atoms with Gasteiger partial charge in [0.15, 0.2) is 0 Å². The average molecular weight is 264 g/mol. The fourth-order valence-corrected chi connectivity index (χ4v) is 2.60. The van der Waals surface area contributed by atoms with Gasteiger partial charge >= 0.3 is 0 Å². The molecule has 1 fully saturated rings. The van der Waals surface area contributed by atoms with Gasteiger partial charge in [-0.3, -0.25) is 15.0 Å². The van der Waals surface area contributed by atoms with Gasteiger partial charge in [-0.1, -0.05) is 6.92 Å². The van der Waals surface area contributed by atoms with Gasteiger partial charge in [0, 0.05) is 18.7 Å². The average Bonchev–Trinajstić information content (AvgIpc) is 2.84. The van der Waals surface area contributed by atoms with Crippen molar-refractivity contribution in [3.8, 4) is 0 Å². The van der Waals surface area contributed by atoms with E-state index < -0.39 is 4.92 Å². The normalized spacial score (nSPS) is 19.6. The minimum atomic E-state index is -0.417. The molecule has 1 unspecified atom stereocenters. The van der Waals surface area contributed by atoms with Crippen LogP contribution in [0.1, 0.15) is 25.3 Å². The molecule has 1 aliphatic heterocycles. The molecule has 1 atom stereocenters. The third-order valence-corrected chi connectivity index (χ3v) is 3.69. The summed E-state index contributed by atoms with van der Waals surface area (Å²) in [6, 6.07) is 2.10. The lowest BCUT2D eigenvalue weighted by molar-refractivity contribution is -0.385. The largest absolute Gasteiger partial charge is 0.368 e. The summed E-state index contributed by atoms with van der Waals surface area (Å²) < 4.78 is 0. The van der Waals surface area contributed by atoms with Crippen molar-refractivity contribution >= 4 is 11.5 Å². The number of hydrogen-bond acceptors (Lipinski definition) is 5. The zero-order valence-corrected chi connectivity index (χ0v) is 11.4. The van der Waals surface area contributed by atoms with Crippen molar-refractivity contribution in [2.75, 3.05) is 25.0 Å². The Morgan fingerprint density at radius 3 is 3.05 bits per heavy atom. The number of nitro groups is 1. The lowest BCUT2D eigenvalue weighted by Crippen LogP contribution is -2.34. The Hall–Kier alpha value is -1.69. The van der Waals surface area contributed by atoms with E-state index in [0.29, 0.717) is 6.04 Å². The van der Waals surface area contributed by atoms with Crippen molar-refractivity contribution < 1.29 is 4.92 Å². The van der Waals surface area contributed by atoms with E-state index >= 15 is 0 Å². The van der Waals surface area contributed by atoms with E-state index in [1.807, 2.05) is 6.92 Å². The summed E-state index contributed by atoms with van der Waals surface area (Å²) in [6.07, 6.45) is 3.75. The summed E-state index contributed by atoms with van der Waals surface area (Å²) in [4.78, 5) is 16.8. The topological polar surface area (TPSA) is 71.3 Å². The molecule has 0 aromatic carbocycles. The SMILES string of the molecule is CCN1CCCC1CNc1ncc([N+](=O)[O-])cc1C. The van der Waals surface area contributed by atoms with E-state index in [0.717, 1.165) is 31.0 Å². The molecule has 0 spiro atoms. The smallest absolute Gasteiger partial charge is 0.287 e. The Kier molecular flexibility index (Phi) is 4.31. The second-order valence-corrected chi connectivity index (χ2v) is 4.92. The molecule has 2 heterocycles. The number of hydrogen-bond donors (Lipinski definition) is 1. The van der Waals surface area contributed by atoms with Crippen molar-refractivity contribution in [2.45, 2.75) is 32.7 Å². The van der Waals surface area contributed by atoms with Gasteiger partial charge in [0.1, 0.15) is 12.0 Å². The van der Waals surface area contributed by atoms with E-state index in [1.54, 1.807) is 6.07 Å². The summed E-state index contributed by atoms with van der Waals surface area (Å²) in [5.41, 5.74) is 0.856. The molecule has 2 rings (SSSR count). The second kappa shape index (κ2) is 5.97. The first kappa shape index (κ1) is 13.7. The summed E-state index contributed by atoms with van der Waals surface area (Å²) >= 11 is 0. The van der Waals surface area contributed by atoms with Crippen molar-refractivity contribution in [3.05, 3.63) is 27.9 Å². The van der Waals surface area contributed by atoms with Crippen LogP contribution >= 0.6 is 0 Å². The predicted molar refractivity (Wildman–Crippen MR) is 74.4 cm³/mol. The molecule has 0 saturated carbocycles. The second-order valence-electron chi connectivity index (χ2n) is 4.92. The van der Waals surface area contributed by atoms with Crippen molar-refractivity contribution in [2.24, 2.45) is 0 Å². The van der Waals surface area contributed by atoms with E-state index in [9.17, 15) is 10.1 Å². The first-order valence-electron chi connectivity index (χ1n) is 6.70. The molecule has 0 aliphatic carbocycles. The molecule has 1 aliphatic rings. The number of aromatic nitrogens is 1. The predicted octanol–water partition coefficient (Wildman–Crippen LogP) is 2.19. The first-order valence-corrected chi connectivity index (χ1v) is 6.70. The zero-order chi connectivity index (χ0) is 13.8. The summed E-state index contributed by atoms with van der Waals surface area (Å²) in [5, 5.41) is 14.0. The number of nitrogens with zero attached hydrogens (tertiary/aromatic N) is 3. The summed E-state index contributed by atoms with van der Waals surface area (Å²) in [6.45, 7) is 7.09. The number of pyridine rings is 1. The van der Waals surface area contributed by atoms with Crippen LogP contribution in [0.2, 0.25) is 0 Å². The van der Waals surface area contributed by atoms with E-state index in [2.05, 4.69) is 22.1 Å². The molecule has 0 amide bonds. The van der Waals surface area contributed by atoms with Crippen LogP contribution < -0.4 is 5.32 Å². The van der Waals surface area contributed by atoms with Crippen LogP contribution in [0.4, 0.5) is 11.5 Å². The van der Waals surface area contributed by atoms with Gasteiger partial charge in [0.05, 0.1) is 4.92 Å². The van der Waals surface area contributed by atoms with Gasteiger partial charge in [-0.15, -0.1) is 0 Å². The fraction of sp³-hybridized carbons (Fsp3) is 0.615. The third-order valence-electron chi connectivity index (χ3n) is 3.69. The highest BCUT2D eigenvalue weighted by Crippen LogP contribution is 2.20. The quantitative estimate of drug-likeness (QED) is 0.652. The highest BCUT2D eigenvalue weighted by molar-refractivity contribution is 5.48. The Bertz CT molecular complexity index is 464. The molecule has 104 valence electrons. The van der Waals surface area contributed by atoms with E-state index in [-0.39, 0.29) is 5.69 Å². The van der Waals surface area contributed by atoms with Gasteiger partial charge in [0.2, 0.25) is 0 Å². The monoisotopic (exact) mass is 264 g/mol. The lowest BCUT2D eigenvalue weighted by atomic mass is 10.2. The standard InChI is InChI=1S/C13H20N4O2/c1-3-16-6-4-5-11(16)8-14-13-10(2)7-12(9-15-13)17(18)19/h7,9,11H,3-6,8H2,1-2H3,(H,14,15). The van der Waals surface area contributed by atoms with Crippen molar-refractivity contribution in [3.63, 3.8) is 0 Å². The maximum Gasteiger partial charge on any atom is 0.287 e. The van der Waals surface area contributed by atoms with Crippen LogP contribution in [0.3, 0.4) is 0 Å².